The molecular formula is C34H21F3N4O2S2. The van der Waals surface area contributed by atoms with Crippen LogP contribution in [0.4, 0.5) is 35.2 Å². The van der Waals surface area contributed by atoms with Crippen LogP contribution < -0.4 is 21.1 Å². The molecule has 0 amide bonds. The SMILES string of the molecule is Cc1ccc(N(c2ccc(C)cc2)c2ccc(-c3ccc(/N=c4\c(=O)c(=O)c5cc(C(F)(F)F)ccc45)c4nsnc34)s2)cc1. The van der Waals surface area contributed by atoms with Crippen LogP contribution in [0.15, 0.2) is 106 Å². The van der Waals surface area contributed by atoms with Gasteiger partial charge in [-0.15, -0.1) is 11.3 Å². The number of nitrogens with zero attached hydrogens (tertiary/aromatic N) is 4. The largest absolute Gasteiger partial charge is 0.416 e. The predicted molar refractivity (Wildman–Crippen MR) is 174 cm³/mol. The highest BCUT2D eigenvalue weighted by molar-refractivity contribution is 7.19. The molecule has 45 heavy (non-hydrogen) atoms. The van der Waals surface area contributed by atoms with E-state index in [1.807, 2.05) is 26.0 Å². The molecule has 6 nitrogen and oxygen atoms in total. The summed E-state index contributed by atoms with van der Waals surface area (Å²) in [4.78, 5) is 33.0. The maximum Gasteiger partial charge on any atom is 0.416 e. The van der Waals surface area contributed by atoms with E-state index in [0.717, 1.165) is 61.8 Å². The second kappa shape index (κ2) is 10.9. The summed E-state index contributed by atoms with van der Waals surface area (Å²) in [6, 6.07) is 26.9. The molecule has 0 saturated heterocycles. The fraction of sp³-hybridized carbons (Fsp3) is 0.0882. The van der Waals surface area contributed by atoms with Gasteiger partial charge in [0.05, 0.1) is 23.0 Å². The molecule has 0 bridgehead atoms. The van der Waals surface area contributed by atoms with E-state index in [1.165, 1.54) is 0 Å². The zero-order chi connectivity index (χ0) is 31.5. The van der Waals surface area contributed by atoms with Gasteiger partial charge >= 0.3 is 6.18 Å². The van der Waals surface area contributed by atoms with E-state index < -0.39 is 22.6 Å². The topological polar surface area (TPSA) is 75.5 Å². The van der Waals surface area contributed by atoms with E-state index in [1.54, 1.807) is 17.4 Å². The molecule has 0 radical (unpaired) electrons. The van der Waals surface area contributed by atoms with E-state index in [9.17, 15) is 22.8 Å². The average Bonchev–Trinajstić information content (AvgIpc) is 3.76. The van der Waals surface area contributed by atoms with Gasteiger partial charge < -0.3 is 4.90 Å². The molecular weight excluding hydrogens is 618 g/mol. The number of alkyl halides is 3. The van der Waals surface area contributed by atoms with Crippen LogP contribution in [0.5, 0.6) is 0 Å². The Labute approximate surface area is 262 Å². The van der Waals surface area contributed by atoms with Crippen molar-refractivity contribution in [3.8, 4) is 10.4 Å². The van der Waals surface area contributed by atoms with Crippen molar-refractivity contribution in [3.05, 3.63) is 133 Å². The number of hydrogen-bond acceptors (Lipinski definition) is 8. The molecule has 0 aliphatic heterocycles. The summed E-state index contributed by atoms with van der Waals surface area (Å²) in [7, 11) is 0. The Kier molecular flexibility index (Phi) is 6.94. The standard InChI is InChI=1S/C34H21F3N4O2S2/c1-18-3-8-21(9-4-18)41(22-10-5-19(2)6-11-22)28-16-15-27(44-28)24-13-14-26(31-29(24)39-45-40-31)38-30-23-12-7-20(34(35,36)37)17-25(23)32(42)33(30)43/h3-17H,1-2H3/b38-30-. The molecule has 11 heteroatoms. The summed E-state index contributed by atoms with van der Waals surface area (Å²) in [5, 5.41) is 0.531. The lowest BCUT2D eigenvalue weighted by molar-refractivity contribution is -0.137. The van der Waals surface area contributed by atoms with Gasteiger partial charge in [-0.3, -0.25) is 9.59 Å². The number of thiophene rings is 1. The van der Waals surface area contributed by atoms with Crippen LogP contribution in [0.3, 0.4) is 0 Å². The summed E-state index contributed by atoms with van der Waals surface area (Å²) in [6.45, 7) is 4.10. The first-order valence-corrected chi connectivity index (χ1v) is 15.3. The molecule has 7 rings (SSSR count). The third-order valence-corrected chi connectivity index (χ3v) is 9.19. The number of anilines is 3. The average molecular weight is 639 g/mol. The first kappa shape index (κ1) is 28.8. The fourth-order valence-corrected chi connectivity index (χ4v) is 6.87. The van der Waals surface area contributed by atoms with Crippen molar-refractivity contribution in [3.63, 3.8) is 0 Å². The number of aromatic nitrogens is 2. The number of fused-ring (bicyclic) bond motifs is 2. The molecule has 5 aromatic carbocycles. The molecule has 2 heterocycles. The fourth-order valence-electron chi connectivity index (χ4n) is 5.22. The number of aryl methyl sites for hydroxylation is 2. The smallest absolute Gasteiger partial charge is 0.302 e. The van der Waals surface area contributed by atoms with Crippen molar-refractivity contribution in [2.75, 3.05) is 4.90 Å². The van der Waals surface area contributed by atoms with Gasteiger partial charge in [-0.25, -0.2) is 4.99 Å². The van der Waals surface area contributed by atoms with Crippen molar-refractivity contribution >= 4 is 66.9 Å². The minimum absolute atomic E-state index is 0.0635. The summed E-state index contributed by atoms with van der Waals surface area (Å²) < 4.78 is 48.7. The summed E-state index contributed by atoms with van der Waals surface area (Å²) in [6.07, 6.45) is -4.65. The molecule has 7 aromatic rings. The van der Waals surface area contributed by atoms with Crippen molar-refractivity contribution in [2.24, 2.45) is 4.99 Å². The molecule has 0 unspecified atom stereocenters. The summed E-state index contributed by atoms with van der Waals surface area (Å²) >= 11 is 2.56. The molecule has 0 N–H and O–H groups in total. The van der Waals surface area contributed by atoms with E-state index in [0.29, 0.717) is 22.8 Å². The lowest BCUT2D eigenvalue weighted by Crippen LogP contribution is -2.30. The Balaban J connectivity index is 1.32. The Morgan fingerprint density at radius 3 is 2.00 bits per heavy atom. The quantitative estimate of drug-likeness (QED) is 0.177. The van der Waals surface area contributed by atoms with Crippen molar-refractivity contribution < 1.29 is 13.2 Å². The maximum absolute atomic E-state index is 13.2. The molecule has 0 saturated carbocycles. The monoisotopic (exact) mass is 638 g/mol. The molecule has 0 spiro atoms. The van der Waals surface area contributed by atoms with E-state index in [4.69, 9.17) is 0 Å². The van der Waals surface area contributed by atoms with Gasteiger partial charge in [0.15, 0.2) is 0 Å². The Morgan fingerprint density at radius 1 is 0.711 bits per heavy atom. The van der Waals surface area contributed by atoms with Gasteiger partial charge in [-0.05, 0) is 74.5 Å². The molecule has 2 aromatic heterocycles. The first-order chi connectivity index (χ1) is 21.6. The zero-order valence-electron chi connectivity index (χ0n) is 23.7. The molecule has 0 aliphatic carbocycles. The zero-order valence-corrected chi connectivity index (χ0v) is 25.3. The van der Waals surface area contributed by atoms with Crippen LogP contribution in [-0.2, 0) is 6.18 Å². The Hall–Kier alpha value is -5.00. The Bertz CT molecular complexity index is 2340. The van der Waals surface area contributed by atoms with Crippen LogP contribution in [0.25, 0.3) is 32.2 Å². The molecule has 0 fully saturated rings. The van der Waals surface area contributed by atoms with Crippen LogP contribution in [0.2, 0.25) is 0 Å². The summed E-state index contributed by atoms with van der Waals surface area (Å²) in [5.41, 5.74) is 3.48. The van der Waals surface area contributed by atoms with Gasteiger partial charge in [-0.2, -0.15) is 21.9 Å². The number of rotatable bonds is 5. The third kappa shape index (κ3) is 5.13. The second-order valence-electron chi connectivity index (χ2n) is 10.6. The number of benzene rings is 4. The number of halogens is 3. The van der Waals surface area contributed by atoms with E-state index in [2.05, 4.69) is 73.2 Å². The number of hydrogen-bond donors (Lipinski definition) is 0. The van der Waals surface area contributed by atoms with Crippen LogP contribution in [-0.4, -0.2) is 8.75 Å². The van der Waals surface area contributed by atoms with Gasteiger partial charge in [0.25, 0.3) is 5.43 Å². The van der Waals surface area contributed by atoms with E-state index in [-0.39, 0.29) is 16.1 Å². The van der Waals surface area contributed by atoms with Gasteiger partial charge in [0.2, 0.25) is 5.43 Å². The minimum Gasteiger partial charge on any atom is -0.302 e. The second-order valence-corrected chi connectivity index (χ2v) is 12.2. The van der Waals surface area contributed by atoms with Crippen LogP contribution in [0.1, 0.15) is 16.7 Å². The first-order valence-electron chi connectivity index (χ1n) is 13.8. The van der Waals surface area contributed by atoms with Gasteiger partial charge in [0, 0.05) is 32.6 Å². The van der Waals surface area contributed by atoms with Crippen LogP contribution >= 0.6 is 23.1 Å². The lowest BCUT2D eigenvalue weighted by Gasteiger charge is -2.24. The molecule has 222 valence electrons. The molecule has 0 atom stereocenters. The van der Waals surface area contributed by atoms with Crippen molar-refractivity contribution in [2.45, 2.75) is 20.0 Å². The Morgan fingerprint density at radius 2 is 1.36 bits per heavy atom. The summed E-state index contributed by atoms with van der Waals surface area (Å²) in [5.74, 6) is 0. The van der Waals surface area contributed by atoms with Crippen molar-refractivity contribution in [1.82, 2.24) is 8.75 Å². The third-order valence-electron chi connectivity index (χ3n) is 7.56. The highest BCUT2D eigenvalue weighted by atomic mass is 32.1. The van der Waals surface area contributed by atoms with E-state index >= 15 is 0 Å². The highest BCUT2D eigenvalue weighted by Gasteiger charge is 2.31. The maximum atomic E-state index is 13.2. The van der Waals surface area contributed by atoms with Gasteiger partial charge in [0.1, 0.15) is 21.4 Å². The highest BCUT2D eigenvalue weighted by Crippen LogP contribution is 2.44. The predicted octanol–water partition coefficient (Wildman–Crippen LogP) is 8.51. The van der Waals surface area contributed by atoms with Crippen LogP contribution in [0, 0.1) is 13.8 Å². The minimum atomic E-state index is -4.65. The molecule has 0 aliphatic rings. The van der Waals surface area contributed by atoms with Crippen molar-refractivity contribution in [1.29, 1.82) is 0 Å². The van der Waals surface area contributed by atoms with Gasteiger partial charge in [-0.1, -0.05) is 41.5 Å². The lowest BCUT2D eigenvalue weighted by atomic mass is 10.1. The normalized spacial score (nSPS) is 12.4.